The Labute approximate surface area is 171 Å². The summed E-state index contributed by atoms with van der Waals surface area (Å²) in [5, 5.41) is 10.3. The van der Waals surface area contributed by atoms with Crippen LogP contribution in [-0.2, 0) is 11.2 Å². The van der Waals surface area contributed by atoms with E-state index in [0.717, 1.165) is 48.8 Å². The second kappa shape index (κ2) is 7.74. The molecule has 0 saturated carbocycles. The van der Waals surface area contributed by atoms with Crippen molar-refractivity contribution in [2.24, 2.45) is 5.41 Å². The molecule has 0 unspecified atom stereocenters. The van der Waals surface area contributed by atoms with Crippen LogP contribution in [0.15, 0.2) is 12.3 Å². The summed E-state index contributed by atoms with van der Waals surface area (Å²) < 4.78 is 5.43. The minimum Gasteiger partial charge on any atom is -0.378 e. The van der Waals surface area contributed by atoms with Crippen LogP contribution in [0.2, 0.25) is 0 Å². The number of hydrogen-bond acceptors (Lipinski definition) is 6. The van der Waals surface area contributed by atoms with Crippen molar-refractivity contribution < 1.29 is 9.53 Å². The first-order valence-electron chi connectivity index (χ1n) is 10.4. The number of anilines is 1. The highest BCUT2D eigenvalue weighted by molar-refractivity contribution is 5.92. The van der Waals surface area contributed by atoms with E-state index < -0.39 is 0 Å². The fraction of sp³-hybridized carbons (Fsp3) is 0.619. The van der Waals surface area contributed by atoms with Crippen molar-refractivity contribution in [1.82, 2.24) is 25.5 Å². The standard InChI is InChI=1S/C21H30N6O2/c1-13(2)15-9-16(26-25-15)19(28)23-17-10-21(3,4)11-18-14(17)12-22-20(24-18)27-5-7-29-8-6-27/h9,12-13,17H,5-8,10-11H2,1-4H3,(H,23,28)(H,25,26)/t17-/m0/s1. The minimum absolute atomic E-state index is 0.0379. The highest BCUT2D eigenvalue weighted by atomic mass is 16.5. The smallest absolute Gasteiger partial charge is 0.272 e. The van der Waals surface area contributed by atoms with E-state index in [1.807, 2.05) is 12.3 Å². The molecule has 2 aliphatic rings. The third-order valence-electron chi connectivity index (χ3n) is 5.72. The van der Waals surface area contributed by atoms with Crippen LogP contribution >= 0.6 is 0 Å². The molecule has 8 heteroatoms. The van der Waals surface area contributed by atoms with Gasteiger partial charge in [-0.25, -0.2) is 9.97 Å². The molecule has 1 aliphatic carbocycles. The molecule has 8 nitrogen and oxygen atoms in total. The molecule has 1 saturated heterocycles. The van der Waals surface area contributed by atoms with Gasteiger partial charge in [0.25, 0.3) is 5.91 Å². The number of aromatic amines is 1. The number of H-pyrrole nitrogens is 1. The summed E-state index contributed by atoms with van der Waals surface area (Å²) in [6, 6.07) is 1.70. The Balaban J connectivity index is 1.57. The number of carbonyl (C=O) groups excluding carboxylic acids is 1. The molecular weight excluding hydrogens is 368 g/mol. The van der Waals surface area contributed by atoms with Gasteiger partial charge in [0.05, 0.1) is 24.9 Å². The molecule has 1 atom stereocenters. The Bertz CT molecular complexity index is 885. The van der Waals surface area contributed by atoms with Crippen LogP contribution in [0.4, 0.5) is 5.95 Å². The summed E-state index contributed by atoms with van der Waals surface area (Å²) in [6.07, 6.45) is 3.60. The average molecular weight is 399 g/mol. The molecule has 0 spiro atoms. The van der Waals surface area contributed by atoms with Gasteiger partial charge in [-0.05, 0) is 30.2 Å². The van der Waals surface area contributed by atoms with Crippen LogP contribution in [0.25, 0.3) is 0 Å². The summed E-state index contributed by atoms with van der Waals surface area (Å²) in [7, 11) is 0. The molecule has 4 rings (SSSR count). The average Bonchev–Trinajstić information content (AvgIpc) is 3.18. The Morgan fingerprint density at radius 3 is 2.79 bits per heavy atom. The number of nitrogens with one attached hydrogen (secondary N) is 2. The lowest BCUT2D eigenvalue weighted by Crippen LogP contribution is -2.39. The number of nitrogens with zero attached hydrogens (tertiary/aromatic N) is 4. The van der Waals surface area contributed by atoms with Crippen molar-refractivity contribution in [2.45, 2.75) is 52.5 Å². The van der Waals surface area contributed by atoms with E-state index in [1.54, 1.807) is 0 Å². The maximum atomic E-state index is 12.8. The van der Waals surface area contributed by atoms with Crippen molar-refractivity contribution in [3.05, 3.63) is 34.9 Å². The fourth-order valence-electron chi connectivity index (χ4n) is 4.06. The van der Waals surface area contributed by atoms with E-state index >= 15 is 0 Å². The number of morpholine rings is 1. The molecule has 2 N–H and O–H groups in total. The van der Waals surface area contributed by atoms with Gasteiger partial charge >= 0.3 is 0 Å². The quantitative estimate of drug-likeness (QED) is 0.822. The van der Waals surface area contributed by atoms with E-state index in [4.69, 9.17) is 9.72 Å². The van der Waals surface area contributed by atoms with Gasteiger partial charge in [0.1, 0.15) is 5.69 Å². The normalized spacial score (nSPS) is 21.1. The highest BCUT2D eigenvalue weighted by Crippen LogP contribution is 2.40. The molecule has 3 heterocycles. The van der Waals surface area contributed by atoms with Crippen LogP contribution in [0.5, 0.6) is 0 Å². The largest absolute Gasteiger partial charge is 0.378 e. The molecule has 156 valence electrons. The van der Waals surface area contributed by atoms with Crippen LogP contribution in [0.1, 0.15) is 73.5 Å². The molecular formula is C21H30N6O2. The first-order chi connectivity index (χ1) is 13.8. The zero-order chi connectivity index (χ0) is 20.6. The third-order valence-corrected chi connectivity index (χ3v) is 5.72. The number of rotatable bonds is 4. The first-order valence-corrected chi connectivity index (χ1v) is 10.4. The van der Waals surface area contributed by atoms with Crippen molar-refractivity contribution in [3.63, 3.8) is 0 Å². The van der Waals surface area contributed by atoms with Crippen LogP contribution < -0.4 is 10.2 Å². The van der Waals surface area contributed by atoms with E-state index in [2.05, 4.69) is 53.1 Å². The highest BCUT2D eigenvalue weighted by Gasteiger charge is 2.35. The van der Waals surface area contributed by atoms with Gasteiger partial charge in [0, 0.05) is 30.5 Å². The summed E-state index contributed by atoms with van der Waals surface area (Å²) in [5.74, 6) is 0.883. The monoisotopic (exact) mass is 398 g/mol. The number of aromatic nitrogens is 4. The van der Waals surface area contributed by atoms with E-state index in [1.165, 1.54) is 0 Å². The Morgan fingerprint density at radius 2 is 2.10 bits per heavy atom. The maximum Gasteiger partial charge on any atom is 0.272 e. The topological polar surface area (TPSA) is 96.0 Å². The lowest BCUT2D eigenvalue weighted by Gasteiger charge is -2.37. The van der Waals surface area contributed by atoms with Gasteiger partial charge in [0.2, 0.25) is 5.95 Å². The van der Waals surface area contributed by atoms with Crippen molar-refractivity contribution in [1.29, 1.82) is 0 Å². The molecule has 0 bridgehead atoms. The van der Waals surface area contributed by atoms with E-state index in [-0.39, 0.29) is 17.4 Å². The predicted molar refractivity (Wildman–Crippen MR) is 110 cm³/mol. The van der Waals surface area contributed by atoms with Gasteiger partial charge in [0.15, 0.2) is 0 Å². The number of ether oxygens (including phenoxy) is 1. The van der Waals surface area contributed by atoms with Gasteiger partial charge in [-0.1, -0.05) is 27.7 Å². The first kappa shape index (κ1) is 19.8. The van der Waals surface area contributed by atoms with Crippen LogP contribution in [0, 0.1) is 5.41 Å². The Kier molecular flexibility index (Phi) is 5.29. The SMILES string of the molecule is CC(C)c1cc(C(=O)N[C@H]2CC(C)(C)Cc3nc(N4CCOCC4)ncc32)n[nH]1. The number of carbonyl (C=O) groups is 1. The lowest BCUT2D eigenvalue weighted by atomic mass is 9.74. The maximum absolute atomic E-state index is 12.8. The molecule has 29 heavy (non-hydrogen) atoms. The second-order valence-corrected chi connectivity index (χ2v) is 9.11. The molecule has 2 aromatic rings. The molecule has 0 radical (unpaired) electrons. The Hall–Kier alpha value is -2.48. The third kappa shape index (κ3) is 4.27. The molecule has 1 fully saturated rings. The zero-order valence-electron chi connectivity index (χ0n) is 17.7. The zero-order valence-corrected chi connectivity index (χ0v) is 17.7. The lowest BCUT2D eigenvalue weighted by molar-refractivity contribution is 0.0913. The van der Waals surface area contributed by atoms with Gasteiger partial charge in [-0.3, -0.25) is 9.89 Å². The molecule has 2 aromatic heterocycles. The van der Waals surface area contributed by atoms with Crippen LogP contribution in [0.3, 0.4) is 0 Å². The van der Waals surface area contributed by atoms with E-state index in [0.29, 0.717) is 24.8 Å². The number of hydrogen-bond donors (Lipinski definition) is 2. The summed E-state index contributed by atoms with van der Waals surface area (Å²) in [6.45, 7) is 11.6. The molecule has 1 aliphatic heterocycles. The van der Waals surface area contributed by atoms with Crippen molar-refractivity contribution in [2.75, 3.05) is 31.2 Å². The summed E-state index contributed by atoms with van der Waals surface area (Å²) >= 11 is 0. The van der Waals surface area contributed by atoms with Crippen molar-refractivity contribution in [3.8, 4) is 0 Å². The predicted octanol–water partition coefficient (Wildman–Crippen LogP) is 2.60. The Morgan fingerprint density at radius 1 is 1.34 bits per heavy atom. The van der Waals surface area contributed by atoms with Gasteiger partial charge in [-0.15, -0.1) is 0 Å². The second-order valence-electron chi connectivity index (χ2n) is 9.11. The van der Waals surface area contributed by atoms with Crippen LogP contribution in [-0.4, -0.2) is 52.4 Å². The molecule has 1 amide bonds. The number of amides is 1. The fourth-order valence-corrected chi connectivity index (χ4v) is 4.06. The summed E-state index contributed by atoms with van der Waals surface area (Å²) in [5.41, 5.74) is 3.45. The molecule has 0 aromatic carbocycles. The van der Waals surface area contributed by atoms with Crippen molar-refractivity contribution >= 4 is 11.9 Å². The number of fused-ring (bicyclic) bond motifs is 1. The minimum atomic E-state index is -0.168. The summed E-state index contributed by atoms with van der Waals surface area (Å²) in [4.78, 5) is 24.5. The van der Waals surface area contributed by atoms with Gasteiger partial charge < -0.3 is 15.0 Å². The van der Waals surface area contributed by atoms with E-state index in [9.17, 15) is 4.79 Å². The van der Waals surface area contributed by atoms with Gasteiger partial charge in [-0.2, -0.15) is 5.10 Å².